The Kier molecular flexibility index (Phi) is 7.28. The van der Waals surface area contributed by atoms with E-state index in [9.17, 15) is 14.9 Å². The standard InChI is InChI=1S/C26H19BrN2O3S/c27-22-10-11-23(32-17-20-9-5-4-8-19(20)16-28)21(14-22)15-24-25(30)29(26(31)33-24)13-12-18-6-2-1-3-7-18/h1-11,14-15H,12-13,17H2/b24-15-. The van der Waals surface area contributed by atoms with Gasteiger partial charge in [0.05, 0.1) is 16.5 Å². The number of carbonyl (C=O) groups excluding carboxylic acids is 2. The summed E-state index contributed by atoms with van der Waals surface area (Å²) in [5.74, 6) is 0.253. The van der Waals surface area contributed by atoms with Crippen LogP contribution in [0.15, 0.2) is 82.2 Å². The highest BCUT2D eigenvalue weighted by Gasteiger charge is 2.34. The predicted octanol–water partition coefficient (Wildman–Crippen LogP) is 6.18. The summed E-state index contributed by atoms with van der Waals surface area (Å²) in [5.41, 5.74) is 3.07. The largest absolute Gasteiger partial charge is 0.488 e. The molecular weight excluding hydrogens is 500 g/mol. The van der Waals surface area contributed by atoms with Crippen LogP contribution in [-0.2, 0) is 17.8 Å². The minimum absolute atomic E-state index is 0.213. The molecule has 7 heteroatoms. The fraction of sp³-hybridized carbons (Fsp3) is 0.115. The summed E-state index contributed by atoms with van der Waals surface area (Å²) in [5, 5.41) is 9.02. The van der Waals surface area contributed by atoms with Crippen molar-refractivity contribution in [1.29, 1.82) is 5.26 Å². The molecule has 0 N–H and O–H groups in total. The van der Waals surface area contributed by atoms with Crippen molar-refractivity contribution in [1.82, 2.24) is 4.90 Å². The van der Waals surface area contributed by atoms with Crippen LogP contribution in [0.25, 0.3) is 6.08 Å². The predicted molar refractivity (Wildman–Crippen MR) is 132 cm³/mol. The average molecular weight is 519 g/mol. The zero-order valence-electron chi connectivity index (χ0n) is 17.5. The molecule has 0 radical (unpaired) electrons. The first-order valence-electron chi connectivity index (χ1n) is 10.2. The Balaban J connectivity index is 1.52. The van der Waals surface area contributed by atoms with E-state index in [0.717, 1.165) is 27.4 Å². The number of thioether (sulfide) groups is 1. The molecule has 0 bridgehead atoms. The second-order valence-corrected chi connectivity index (χ2v) is 9.22. The number of hydrogen-bond acceptors (Lipinski definition) is 5. The van der Waals surface area contributed by atoms with Gasteiger partial charge in [-0.2, -0.15) is 5.26 Å². The molecule has 4 rings (SSSR count). The van der Waals surface area contributed by atoms with Crippen molar-refractivity contribution in [3.63, 3.8) is 0 Å². The summed E-state index contributed by atoms with van der Waals surface area (Å²) < 4.78 is 6.81. The van der Waals surface area contributed by atoms with Crippen molar-refractivity contribution in [2.75, 3.05) is 6.54 Å². The Hall–Kier alpha value is -3.34. The van der Waals surface area contributed by atoms with Gasteiger partial charge in [0.1, 0.15) is 12.4 Å². The highest BCUT2D eigenvalue weighted by molar-refractivity contribution is 9.10. The molecule has 2 amide bonds. The SMILES string of the molecule is N#Cc1ccccc1COc1ccc(Br)cc1/C=C1\SC(=O)N(CCc2ccccc2)C1=O. The summed E-state index contributed by atoms with van der Waals surface area (Å²) in [7, 11) is 0. The van der Waals surface area contributed by atoms with Crippen molar-refractivity contribution in [3.8, 4) is 11.8 Å². The third-order valence-corrected chi connectivity index (χ3v) is 6.52. The molecule has 1 aliphatic rings. The molecule has 5 nitrogen and oxygen atoms in total. The molecule has 1 fully saturated rings. The Bertz CT molecular complexity index is 1270. The van der Waals surface area contributed by atoms with Gasteiger partial charge in [0, 0.05) is 22.1 Å². The fourth-order valence-corrected chi connectivity index (χ4v) is 4.63. The third-order valence-electron chi connectivity index (χ3n) is 5.12. The highest BCUT2D eigenvalue weighted by Crippen LogP contribution is 2.35. The number of benzene rings is 3. The van der Waals surface area contributed by atoms with Crippen LogP contribution in [0.3, 0.4) is 0 Å². The maximum absolute atomic E-state index is 12.9. The van der Waals surface area contributed by atoms with Crippen LogP contribution in [-0.4, -0.2) is 22.6 Å². The lowest BCUT2D eigenvalue weighted by Crippen LogP contribution is -2.30. The molecule has 0 unspecified atom stereocenters. The van der Waals surface area contributed by atoms with E-state index in [-0.39, 0.29) is 17.8 Å². The molecule has 33 heavy (non-hydrogen) atoms. The number of imide groups is 1. The van der Waals surface area contributed by atoms with Gasteiger partial charge >= 0.3 is 0 Å². The Morgan fingerprint density at radius 2 is 1.79 bits per heavy atom. The van der Waals surface area contributed by atoms with E-state index in [1.807, 2.05) is 54.6 Å². The lowest BCUT2D eigenvalue weighted by molar-refractivity contribution is -0.122. The second kappa shape index (κ2) is 10.5. The van der Waals surface area contributed by atoms with E-state index in [1.54, 1.807) is 24.3 Å². The molecule has 0 spiro atoms. The molecule has 0 atom stereocenters. The van der Waals surface area contributed by atoms with Crippen molar-refractivity contribution in [2.45, 2.75) is 13.0 Å². The molecule has 1 heterocycles. The van der Waals surface area contributed by atoms with E-state index < -0.39 is 0 Å². The number of amides is 2. The van der Waals surface area contributed by atoms with Crippen LogP contribution < -0.4 is 4.74 Å². The van der Waals surface area contributed by atoms with Crippen LogP contribution in [0.2, 0.25) is 0 Å². The van der Waals surface area contributed by atoms with Gasteiger partial charge in [-0.3, -0.25) is 14.5 Å². The summed E-state index contributed by atoms with van der Waals surface area (Å²) >= 11 is 4.39. The Labute approximate surface area is 204 Å². The monoisotopic (exact) mass is 518 g/mol. The zero-order valence-corrected chi connectivity index (χ0v) is 19.9. The number of halogens is 1. The molecule has 3 aromatic carbocycles. The number of nitrogens with zero attached hydrogens (tertiary/aromatic N) is 2. The van der Waals surface area contributed by atoms with Crippen LogP contribution in [0.1, 0.15) is 22.3 Å². The Morgan fingerprint density at radius 3 is 2.58 bits per heavy atom. The van der Waals surface area contributed by atoms with E-state index in [1.165, 1.54) is 4.90 Å². The molecular formula is C26H19BrN2O3S. The van der Waals surface area contributed by atoms with Gasteiger partial charge in [0.2, 0.25) is 0 Å². The molecule has 0 aliphatic carbocycles. The molecule has 3 aromatic rings. The minimum atomic E-state index is -0.304. The van der Waals surface area contributed by atoms with Crippen LogP contribution >= 0.6 is 27.7 Å². The molecule has 1 aliphatic heterocycles. The third kappa shape index (κ3) is 5.54. The van der Waals surface area contributed by atoms with Crippen molar-refractivity contribution >= 4 is 44.9 Å². The Morgan fingerprint density at radius 1 is 1.03 bits per heavy atom. The van der Waals surface area contributed by atoms with E-state index in [0.29, 0.717) is 34.7 Å². The lowest BCUT2D eigenvalue weighted by Gasteiger charge is -2.12. The van der Waals surface area contributed by atoms with Gasteiger partial charge in [0.15, 0.2) is 0 Å². The summed E-state index contributed by atoms with van der Waals surface area (Å²) in [4.78, 5) is 27.1. The van der Waals surface area contributed by atoms with E-state index >= 15 is 0 Å². The number of hydrogen-bond donors (Lipinski definition) is 0. The molecule has 0 saturated carbocycles. The van der Waals surface area contributed by atoms with Crippen molar-refractivity contribution < 1.29 is 14.3 Å². The number of rotatable bonds is 7. The van der Waals surface area contributed by atoms with Crippen LogP contribution in [0.5, 0.6) is 5.75 Å². The van der Waals surface area contributed by atoms with Gasteiger partial charge in [-0.15, -0.1) is 0 Å². The molecule has 0 aromatic heterocycles. The van der Waals surface area contributed by atoms with Gasteiger partial charge in [-0.25, -0.2) is 0 Å². The maximum Gasteiger partial charge on any atom is 0.293 e. The quantitative estimate of drug-likeness (QED) is 0.349. The van der Waals surface area contributed by atoms with Gasteiger partial charge in [-0.1, -0.05) is 64.5 Å². The normalized spacial score (nSPS) is 14.5. The van der Waals surface area contributed by atoms with Crippen LogP contribution in [0.4, 0.5) is 4.79 Å². The molecule has 164 valence electrons. The highest BCUT2D eigenvalue weighted by atomic mass is 79.9. The first-order chi connectivity index (χ1) is 16.0. The summed E-state index contributed by atoms with van der Waals surface area (Å²) in [6.45, 7) is 0.545. The first-order valence-corrected chi connectivity index (χ1v) is 11.9. The van der Waals surface area contributed by atoms with Gasteiger partial charge < -0.3 is 4.74 Å². The number of nitriles is 1. The number of ether oxygens (including phenoxy) is 1. The van der Waals surface area contributed by atoms with Gasteiger partial charge in [0.25, 0.3) is 11.1 Å². The fourth-order valence-electron chi connectivity index (χ4n) is 3.39. The van der Waals surface area contributed by atoms with Crippen LogP contribution in [0, 0.1) is 11.3 Å². The second-order valence-electron chi connectivity index (χ2n) is 7.31. The van der Waals surface area contributed by atoms with E-state index in [2.05, 4.69) is 22.0 Å². The average Bonchev–Trinajstić information content (AvgIpc) is 3.10. The van der Waals surface area contributed by atoms with Crippen molar-refractivity contribution in [3.05, 3.63) is 104 Å². The maximum atomic E-state index is 12.9. The summed E-state index contributed by atoms with van der Waals surface area (Å²) in [6, 6.07) is 24.6. The van der Waals surface area contributed by atoms with Crippen molar-refractivity contribution in [2.24, 2.45) is 0 Å². The number of carbonyl (C=O) groups is 2. The lowest BCUT2D eigenvalue weighted by atomic mass is 10.1. The molecule has 1 saturated heterocycles. The first kappa shape index (κ1) is 22.8. The summed E-state index contributed by atoms with van der Waals surface area (Å²) in [6.07, 6.45) is 2.29. The van der Waals surface area contributed by atoms with E-state index in [4.69, 9.17) is 4.74 Å². The zero-order chi connectivity index (χ0) is 23.2. The smallest absolute Gasteiger partial charge is 0.293 e. The van der Waals surface area contributed by atoms with Gasteiger partial charge in [-0.05, 0) is 54.1 Å². The topological polar surface area (TPSA) is 70.4 Å². The minimum Gasteiger partial charge on any atom is -0.488 e.